The molecule has 7 nitrogen and oxygen atoms in total. The third kappa shape index (κ3) is 4.81. The van der Waals surface area contributed by atoms with Crippen molar-refractivity contribution in [1.82, 2.24) is 20.2 Å². The van der Waals surface area contributed by atoms with Gasteiger partial charge in [-0.3, -0.25) is 4.79 Å². The summed E-state index contributed by atoms with van der Waals surface area (Å²) in [5, 5.41) is 24.0. The number of thioether (sulfide) groups is 1. The van der Waals surface area contributed by atoms with Crippen LogP contribution in [-0.2, 0) is 4.79 Å². The Kier molecular flexibility index (Phi) is 6.35. The normalized spacial score (nSPS) is 10.6. The molecule has 1 heterocycles. The molecule has 0 aliphatic carbocycles. The minimum absolute atomic E-state index is 0.118. The molecule has 0 radical (unpaired) electrons. The van der Waals surface area contributed by atoms with Crippen molar-refractivity contribution in [2.24, 2.45) is 0 Å². The van der Waals surface area contributed by atoms with E-state index in [-0.39, 0.29) is 12.5 Å². The van der Waals surface area contributed by atoms with E-state index in [1.807, 2.05) is 24.3 Å². The topological polar surface area (TPSA) is 92.9 Å². The Morgan fingerprint density at radius 2 is 2.23 bits per heavy atom. The summed E-state index contributed by atoms with van der Waals surface area (Å²) in [6, 6.07) is 7.38. The third-order valence-electron chi connectivity index (χ3n) is 2.89. The van der Waals surface area contributed by atoms with Crippen molar-refractivity contribution in [2.45, 2.75) is 31.3 Å². The minimum atomic E-state index is -0.118. The number of nitrogens with zero attached hydrogens (tertiary/aromatic N) is 4. The molecule has 0 spiro atoms. The molecule has 0 saturated heterocycles. The molecule has 0 saturated carbocycles. The highest BCUT2D eigenvalue weighted by Crippen LogP contribution is 2.21. The average molecular weight is 321 g/mol. The Morgan fingerprint density at radius 1 is 1.36 bits per heavy atom. The van der Waals surface area contributed by atoms with E-state index in [2.05, 4.69) is 20.8 Å². The highest BCUT2D eigenvalue weighted by Gasteiger charge is 2.09. The van der Waals surface area contributed by atoms with E-state index in [4.69, 9.17) is 5.11 Å². The van der Waals surface area contributed by atoms with Gasteiger partial charge in [0, 0.05) is 25.0 Å². The predicted octanol–water partition coefficient (Wildman–Crippen LogP) is 1.88. The van der Waals surface area contributed by atoms with Gasteiger partial charge in [0.05, 0.1) is 5.69 Å². The second-order valence-corrected chi connectivity index (χ2v) is 5.80. The number of nitrogens with one attached hydrogen (secondary N) is 1. The quantitative estimate of drug-likeness (QED) is 0.569. The van der Waals surface area contributed by atoms with Gasteiger partial charge in [-0.05, 0) is 41.5 Å². The number of carbonyl (C=O) groups excluding carboxylic acids is 1. The summed E-state index contributed by atoms with van der Waals surface area (Å²) >= 11 is 1.58. The number of anilines is 1. The maximum absolute atomic E-state index is 11.1. The van der Waals surface area contributed by atoms with Crippen LogP contribution in [0.3, 0.4) is 0 Å². The fourth-order valence-corrected chi connectivity index (χ4v) is 2.79. The Balaban J connectivity index is 2.03. The average Bonchev–Trinajstić information content (AvgIpc) is 2.95. The first-order chi connectivity index (χ1) is 10.7. The number of rotatable bonds is 8. The number of aliphatic hydroxyl groups excluding tert-OH is 1. The Labute approximate surface area is 133 Å². The summed E-state index contributed by atoms with van der Waals surface area (Å²) < 4.78 is 1.65. The number of unbranched alkanes of at least 4 members (excludes halogenated alkanes) is 2. The van der Waals surface area contributed by atoms with E-state index in [0.29, 0.717) is 10.8 Å². The van der Waals surface area contributed by atoms with E-state index in [1.165, 1.54) is 6.92 Å². The summed E-state index contributed by atoms with van der Waals surface area (Å²) in [6.45, 7) is 1.70. The molecular formula is C14H19N5O2S. The summed E-state index contributed by atoms with van der Waals surface area (Å²) in [5.41, 5.74) is 1.51. The van der Waals surface area contributed by atoms with E-state index in [9.17, 15) is 4.79 Å². The van der Waals surface area contributed by atoms with E-state index >= 15 is 0 Å². The minimum Gasteiger partial charge on any atom is -0.396 e. The molecule has 118 valence electrons. The molecule has 0 aliphatic rings. The SMILES string of the molecule is CC(=O)Nc1cccc(-n2nnnc2SCCCCCO)c1. The van der Waals surface area contributed by atoms with Crippen LogP contribution in [0.15, 0.2) is 29.4 Å². The molecule has 2 N–H and O–H groups in total. The Bertz CT molecular complexity index is 617. The molecule has 0 bridgehead atoms. The fraction of sp³-hybridized carbons (Fsp3) is 0.429. The summed E-state index contributed by atoms with van der Waals surface area (Å²) in [6.07, 6.45) is 2.82. The molecule has 22 heavy (non-hydrogen) atoms. The molecule has 0 atom stereocenters. The molecule has 8 heteroatoms. The third-order valence-corrected chi connectivity index (χ3v) is 3.89. The standard InChI is InChI=1S/C14H19N5O2S/c1-11(21)15-12-6-5-7-13(10-12)19-14(16-17-18-19)22-9-4-2-3-8-20/h5-7,10,20H,2-4,8-9H2,1H3,(H,15,21). The zero-order valence-corrected chi connectivity index (χ0v) is 13.2. The first-order valence-corrected chi connectivity index (χ1v) is 8.09. The lowest BCUT2D eigenvalue weighted by molar-refractivity contribution is -0.114. The number of hydrogen-bond donors (Lipinski definition) is 2. The lowest BCUT2D eigenvalue weighted by atomic mass is 10.3. The fourth-order valence-electron chi connectivity index (χ4n) is 1.90. The van der Waals surface area contributed by atoms with Crippen LogP contribution in [0.5, 0.6) is 0 Å². The van der Waals surface area contributed by atoms with Gasteiger partial charge in [-0.25, -0.2) is 0 Å². The molecule has 0 unspecified atom stereocenters. The van der Waals surface area contributed by atoms with Gasteiger partial charge in [-0.2, -0.15) is 4.68 Å². The molecule has 2 aromatic rings. The van der Waals surface area contributed by atoms with Crippen molar-refractivity contribution in [1.29, 1.82) is 0 Å². The maximum Gasteiger partial charge on any atom is 0.221 e. The van der Waals surface area contributed by atoms with Gasteiger partial charge in [0.15, 0.2) is 0 Å². The first kappa shape index (κ1) is 16.4. The number of tetrazole rings is 1. The number of aromatic nitrogens is 4. The van der Waals surface area contributed by atoms with Gasteiger partial charge in [0.2, 0.25) is 11.1 Å². The van der Waals surface area contributed by atoms with Crippen LogP contribution < -0.4 is 5.32 Å². The van der Waals surface area contributed by atoms with Crippen molar-refractivity contribution in [2.75, 3.05) is 17.7 Å². The van der Waals surface area contributed by atoms with Crippen LogP contribution in [0.2, 0.25) is 0 Å². The molecule has 0 aliphatic heterocycles. The number of hydrogen-bond acceptors (Lipinski definition) is 6. The molecule has 1 aromatic heterocycles. The van der Waals surface area contributed by atoms with Gasteiger partial charge < -0.3 is 10.4 Å². The van der Waals surface area contributed by atoms with Crippen molar-refractivity contribution in [3.63, 3.8) is 0 Å². The zero-order valence-electron chi connectivity index (χ0n) is 12.4. The molecule has 1 aromatic carbocycles. The van der Waals surface area contributed by atoms with Crippen LogP contribution in [-0.4, -0.2) is 43.6 Å². The van der Waals surface area contributed by atoms with Crippen molar-refractivity contribution in [3.05, 3.63) is 24.3 Å². The van der Waals surface area contributed by atoms with Crippen molar-refractivity contribution in [3.8, 4) is 5.69 Å². The van der Waals surface area contributed by atoms with Crippen molar-refractivity contribution >= 4 is 23.4 Å². The number of benzene rings is 1. The zero-order chi connectivity index (χ0) is 15.8. The van der Waals surface area contributed by atoms with Crippen LogP contribution in [0.25, 0.3) is 5.69 Å². The second-order valence-electron chi connectivity index (χ2n) is 4.74. The summed E-state index contributed by atoms with van der Waals surface area (Å²) in [5.74, 6) is 0.776. The molecule has 2 rings (SSSR count). The van der Waals surface area contributed by atoms with Gasteiger partial charge in [-0.15, -0.1) is 5.10 Å². The molecule has 0 fully saturated rings. The van der Waals surface area contributed by atoms with Crippen LogP contribution in [0.4, 0.5) is 5.69 Å². The summed E-state index contributed by atoms with van der Waals surface area (Å²) in [7, 11) is 0. The van der Waals surface area contributed by atoms with Gasteiger partial charge in [-0.1, -0.05) is 24.2 Å². The smallest absolute Gasteiger partial charge is 0.221 e. The second kappa shape index (κ2) is 8.50. The van der Waals surface area contributed by atoms with Crippen molar-refractivity contribution < 1.29 is 9.90 Å². The highest BCUT2D eigenvalue weighted by molar-refractivity contribution is 7.99. The lowest BCUT2D eigenvalue weighted by Gasteiger charge is -2.07. The van der Waals surface area contributed by atoms with E-state index in [1.54, 1.807) is 16.4 Å². The first-order valence-electron chi connectivity index (χ1n) is 7.11. The predicted molar refractivity (Wildman–Crippen MR) is 85.1 cm³/mol. The van der Waals surface area contributed by atoms with Gasteiger partial charge in [0.25, 0.3) is 0 Å². The number of aliphatic hydroxyl groups is 1. The maximum atomic E-state index is 11.1. The van der Waals surface area contributed by atoms with Gasteiger partial charge >= 0.3 is 0 Å². The van der Waals surface area contributed by atoms with Crippen LogP contribution in [0, 0.1) is 0 Å². The number of amides is 1. The highest BCUT2D eigenvalue weighted by atomic mass is 32.2. The lowest BCUT2D eigenvalue weighted by Crippen LogP contribution is -2.07. The van der Waals surface area contributed by atoms with E-state index in [0.717, 1.165) is 30.7 Å². The van der Waals surface area contributed by atoms with Crippen LogP contribution >= 0.6 is 11.8 Å². The Morgan fingerprint density at radius 3 is 3.00 bits per heavy atom. The van der Waals surface area contributed by atoms with Crippen LogP contribution in [0.1, 0.15) is 26.2 Å². The largest absolute Gasteiger partial charge is 0.396 e. The number of carbonyl (C=O) groups is 1. The molecular weight excluding hydrogens is 302 g/mol. The van der Waals surface area contributed by atoms with E-state index < -0.39 is 0 Å². The molecule has 1 amide bonds. The Hall–Kier alpha value is -1.93. The monoisotopic (exact) mass is 321 g/mol. The van der Waals surface area contributed by atoms with Gasteiger partial charge in [0.1, 0.15) is 0 Å². The summed E-state index contributed by atoms with van der Waals surface area (Å²) in [4.78, 5) is 11.1.